The van der Waals surface area contributed by atoms with E-state index in [1.54, 1.807) is 6.26 Å². The lowest BCUT2D eigenvalue weighted by Crippen LogP contribution is -2.05. The van der Waals surface area contributed by atoms with Gasteiger partial charge in [-0.1, -0.05) is 72.8 Å². The van der Waals surface area contributed by atoms with Gasteiger partial charge in [0.25, 0.3) is 0 Å². The molecular formula is C25H20O2. The summed E-state index contributed by atoms with van der Waals surface area (Å²) >= 11 is 0. The maximum Gasteiger partial charge on any atom is 0.200 e. The van der Waals surface area contributed by atoms with Gasteiger partial charge in [-0.3, -0.25) is 4.79 Å². The maximum absolute atomic E-state index is 12.9. The zero-order valence-electron chi connectivity index (χ0n) is 15.2. The first kappa shape index (κ1) is 17.0. The Balaban J connectivity index is 1.74. The molecule has 2 heteroatoms. The van der Waals surface area contributed by atoms with Crippen LogP contribution in [0.25, 0.3) is 27.7 Å². The van der Waals surface area contributed by atoms with Crippen LogP contribution in [0.3, 0.4) is 0 Å². The van der Waals surface area contributed by atoms with Gasteiger partial charge in [-0.25, -0.2) is 0 Å². The van der Waals surface area contributed by atoms with E-state index in [4.69, 9.17) is 4.42 Å². The van der Waals surface area contributed by atoms with Gasteiger partial charge in [0.05, 0.1) is 10.9 Å². The number of hydrogen-bond acceptors (Lipinski definition) is 2. The van der Waals surface area contributed by atoms with Crippen LogP contribution in [0.15, 0.2) is 94.9 Å². The number of hydrogen-bond donors (Lipinski definition) is 0. The van der Waals surface area contributed by atoms with Gasteiger partial charge in [-0.2, -0.15) is 0 Å². The van der Waals surface area contributed by atoms with Crippen LogP contribution in [0.4, 0.5) is 0 Å². The fraction of sp³-hybridized carbons (Fsp3) is 0.0800. The van der Waals surface area contributed by atoms with Gasteiger partial charge in [0.15, 0.2) is 5.43 Å². The molecule has 0 bridgehead atoms. The molecule has 4 aromatic rings. The quantitative estimate of drug-likeness (QED) is 0.445. The molecule has 1 heterocycles. The second kappa shape index (κ2) is 7.08. The van der Waals surface area contributed by atoms with Gasteiger partial charge >= 0.3 is 0 Å². The molecular weight excluding hydrogens is 332 g/mol. The Hall–Kier alpha value is -3.39. The average Bonchev–Trinajstić information content (AvgIpc) is 2.69. The molecule has 1 aromatic heterocycles. The van der Waals surface area contributed by atoms with Crippen LogP contribution in [0.5, 0.6) is 0 Å². The number of rotatable bonds is 4. The molecule has 0 amide bonds. The van der Waals surface area contributed by atoms with Crippen molar-refractivity contribution in [3.8, 4) is 11.1 Å². The van der Waals surface area contributed by atoms with Gasteiger partial charge in [-0.05, 0) is 47.7 Å². The first-order valence-corrected chi connectivity index (χ1v) is 8.97. The van der Waals surface area contributed by atoms with Gasteiger partial charge in [0.1, 0.15) is 11.8 Å². The van der Waals surface area contributed by atoms with Crippen molar-refractivity contribution < 1.29 is 4.42 Å². The third-order valence-corrected chi connectivity index (χ3v) is 4.80. The molecule has 0 N–H and O–H groups in total. The lowest BCUT2D eigenvalue weighted by atomic mass is 9.95. The predicted octanol–water partition coefficient (Wildman–Crippen LogP) is 6.08. The van der Waals surface area contributed by atoms with Crippen LogP contribution in [-0.4, -0.2) is 0 Å². The fourth-order valence-electron chi connectivity index (χ4n) is 3.41. The summed E-state index contributed by atoms with van der Waals surface area (Å²) in [7, 11) is 0. The molecule has 27 heavy (non-hydrogen) atoms. The highest BCUT2D eigenvalue weighted by Crippen LogP contribution is 2.24. The van der Waals surface area contributed by atoms with Crippen molar-refractivity contribution in [2.45, 2.75) is 13.3 Å². The van der Waals surface area contributed by atoms with E-state index in [1.165, 1.54) is 11.1 Å². The summed E-state index contributed by atoms with van der Waals surface area (Å²) in [5, 5.41) is 0.605. The Labute approximate surface area is 158 Å². The van der Waals surface area contributed by atoms with E-state index in [-0.39, 0.29) is 5.43 Å². The summed E-state index contributed by atoms with van der Waals surface area (Å²) < 4.78 is 5.82. The smallest absolute Gasteiger partial charge is 0.200 e. The third-order valence-electron chi connectivity index (χ3n) is 4.80. The van der Waals surface area contributed by atoms with Crippen LogP contribution in [-0.2, 0) is 6.42 Å². The number of fused-ring (bicyclic) bond motifs is 1. The molecule has 0 spiro atoms. The summed E-state index contributed by atoms with van der Waals surface area (Å²) in [6.07, 6.45) is 2.33. The highest BCUT2D eigenvalue weighted by molar-refractivity contribution is 5.82. The Morgan fingerprint density at radius 1 is 0.963 bits per heavy atom. The van der Waals surface area contributed by atoms with Crippen molar-refractivity contribution in [1.82, 2.24) is 0 Å². The minimum atomic E-state index is -0.00339. The first-order chi connectivity index (χ1) is 13.1. The van der Waals surface area contributed by atoms with Gasteiger partial charge in [0, 0.05) is 0 Å². The molecule has 0 atom stereocenters. The van der Waals surface area contributed by atoms with Crippen LogP contribution in [0, 0.1) is 0 Å². The van der Waals surface area contributed by atoms with E-state index in [0.717, 1.165) is 23.1 Å². The maximum atomic E-state index is 12.9. The second-order valence-electron chi connectivity index (χ2n) is 6.79. The molecule has 0 unspecified atom stereocenters. The minimum absolute atomic E-state index is 0.00339. The van der Waals surface area contributed by atoms with E-state index >= 15 is 0 Å². The Morgan fingerprint density at radius 2 is 1.70 bits per heavy atom. The number of allylic oxidation sites excluding steroid dienone is 1. The highest BCUT2D eigenvalue weighted by Gasteiger charge is 2.10. The Morgan fingerprint density at radius 3 is 2.48 bits per heavy atom. The standard InChI is InChI=1S/C25H20O2/c1-17(2)21-11-7-6-10-20(21)14-18-12-13-22-24(15-18)27-16-23(25(22)26)19-8-4-3-5-9-19/h3-13,15-16H,1,14H2,2H3. The molecule has 0 aliphatic carbocycles. The monoisotopic (exact) mass is 352 g/mol. The lowest BCUT2D eigenvalue weighted by molar-refractivity contribution is 0.604. The van der Waals surface area contributed by atoms with Crippen LogP contribution in [0.1, 0.15) is 23.6 Å². The van der Waals surface area contributed by atoms with Crippen LogP contribution in [0.2, 0.25) is 0 Å². The summed E-state index contributed by atoms with van der Waals surface area (Å²) in [5.74, 6) is 0. The van der Waals surface area contributed by atoms with E-state index in [1.807, 2.05) is 67.6 Å². The summed E-state index contributed by atoms with van der Waals surface area (Å²) in [6.45, 7) is 6.09. The predicted molar refractivity (Wildman–Crippen MR) is 112 cm³/mol. The van der Waals surface area contributed by atoms with Crippen molar-refractivity contribution in [3.05, 3.63) is 113 Å². The summed E-state index contributed by atoms with van der Waals surface area (Å²) in [4.78, 5) is 12.9. The first-order valence-electron chi connectivity index (χ1n) is 8.97. The molecule has 4 rings (SSSR count). The molecule has 3 aromatic carbocycles. The molecule has 0 aliphatic rings. The zero-order valence-corrected chi connectivity index (χ0v) is 15.2. The van der Waals surface area contributed by atoms with Crippen LogP contribution < -0.4 is 5.43 Å². The molecule has 2 nitrogen and oxygen atoms in total. The van der Waals surface area contributed by atoms with Crippen molar-refractivity contribution in [3.63, 3.8) is 0 Å². The van der Waals surface area contributed by atoms with Crippen molar-refractivity contribution in [2.24, 2.45) is 0 Å². The topological polar surface area (TPSA) is 30.2 Å². The minimum Gasteiger partial charge on any atom is -0.463 e. The summed E-state index contributed by atoms with van der Waals surface area (Å²) in [6, 6.07) is 23.7. The molecule has 0 saturated heterocycles. The van der Waals surface area contributed by atoms with Crippen LogP contribution >= 0.6 is 0 Å². The molecule has 132 valence electrons. The SMILES string of the molecule is C=C(C)c1ccccc1Cc1ccc2c(=O)c(-c3ccccc3)coc2c1. The summed E-state index contributed by atoms with van der Waals surface area (Å²) in [5.41, 5.74) is 6.60. The zero-order chi connectivity index (χ0) is 18.8. The number of benzene rings is 3. The average molecular weight is 352 g/mol. The van der Waals surface area contributed by atoms with Crippen molar-refractivity contribution in [2.75, 3.05) is 0 Å². The van der Waals surface area contributed by atoms with E-state index in [2.05, 4.69) is 18.7 Å². The molecule has 0 radical (unpaired) electrons. The van der Waals surface area contributed by atoms with Gasteiger partial charge < -0.3 is 4.42 Å². The van der Waals surface area contributed by atoms with Gasteiger partial charge in [0.2, 0.25) is 0 Å². The molecule has 0 fully saturated rings. The Bertz CT molecular complexity index is 1180. The van der Waals surface area contributed by atoms with E-state index in [9.17, 15) is 4.79 Å². The normalized spacial score (nSPS) is 10.9. The molecule has 0 saturated carbocycles. The third kappa shape index (κ3) is 3.34. The Kier molecular flexibility index (Phi) is 4.47. The lowest BCUT2D eigenvalue weighted by Gasteiger charge is -2.10. The van der Waals surface area contributed by atoms with Crippen molar-refractivity contribution >= 4 is 16.5 Å². The molecule has 0 aliphatic heterocycles. The highest BCUT2D eigenvalue weighted by atomic mass is 16.3. The van der Waals surface area contributed by atoms with E-state index in [0.29, 0.717) is 16.5 Å². The largest absolute Gasteiger partial charge is 0.463 e. The van der Waals surface area contributed by atoms with E-state index < -0.39 is 0 Å². The van der Waals surface area contributed by atoms with Crippen molar-refractivity contribution in [1.29, 1.82) is 0 Å². The van der Waals surface area contributed by atoms with Gasteiger partial charge in [-0.15, -0.1) is 0 Å². The fourth-order valence-corrected chi connectivity index (χ4v) is 3.41. The second-order valence-corrected chi connectivity index (χ2v) is 6.79.